The van der Waals surface area contributed by atoms with Crippen molar-refractivity contribution in [3.63, 3.8) is 0 Å². The van der Waals surface area contributed by atoms with E-state index in [2.05, 4.69) is 6.92 Å². The van der Waals surface area contributed by atoms with Crippen molar-refractivity contribution >= 4 is 22.8 Å². The lowest BCUT2D eigenvalue weighted by molar-refractivity contribution is 0.582. The standard InChI is InChI=1S/C16H25ClOS/c1-2-3-4-5-6-7-12-19(18)14-16-10-8-15(13-17)9-11-16/h8-11H,2-7,12-14H2,1H3. The molecule has 0 spiro atoms. The van der Waals surface area contributed by atoms with E-state index in [9.17, 15) is 4.55 Å². The van der Waals surface area contributed by atoms with Gasteiger partial charge in [-0.1, -0.05) is 56.9 Å². The van der Waals surface area contributed by atoms with Crippen LogP contribution in [0.1, 0.15) is 56.6 Å². The van der Waals surface area contributed by atoms with E-state index in [1.807, 2.05) is 24.3 Å². The Morgan fingerprint density at radius 3 is 2.16 bits per heavy atom. The molecular weight excluding hydrogens is 276 g/mol. The maximum absolute atomic E-state index is 11.9. The maximum Gasteiger partial charge on any atom is 0.130 e. The van der Waals surface area contributed by atoms with E-state index in [0.717, 1.165) is 23.3 Å². The minimum absolute atomic E-state index is 0.543. The summed E-state index contributed by atoms with van der Waals surface area (Å²) in [6.07, 6.45) is 7.53. The Hall–Kier alpha value is -0.180. The quantitative estimate of drug-likeness (QED) is 0.337. The van der Waals surface area contributed by atoms with Crippen molar-refractivity contribution in [3.8, 4) is 0 Å². The van der Waals surface area contributed by atoms with Gasteiger partial charge in [-0.3, -0.25) is 0 Å². The number of unbranched alkanes of at least 4 members (excludes halogenated alkanes) is 5. The molecule has 0 aliphatic heterocycles. The van der Waals surface area contributed by atoms with Gasteiger partial charge >= 0.3 is 0 Å². The van der Waals surface area contributed by atoms with Crippen LogP contribution in [0.2, 0.25) is 0 Å². The molecule has 108 valence electrons. The Bertz CT molecular complexity index is 326. The third kappa shape index (κ3) is 7.86. The second-order valence-electron chi connectivity index (χ2n) is 5.01. The van der Waals surface area contributed by atoms with Gasteiger partial charge in [-0.05, 0) is 29.6 Å². The van der Waals surface area contributed by atoms with E-state index in [-0.39, 0.29) is 0 Å². The number of hydrogen-bond acceptors (Lipinski definition) is 1. The van der Waals surface area contributed by atoms with Crippen LogP contribution in [-0.2, 0) is 22.8 Å². The molecule has 1 aromatic rings. The monoisotopic (exact) mass is 300 g/mol. The predicted molar refractivity (Wildman–Crippen MR) is 86.1 cm³/mol. The molecule has 1 rings (SSSR count). The van der Waals surface area contributed by atoms with Gasteiger partial charge in [-0.2, -0.15) is 0 Å². The molecule has 0 saturated heterocycles. The van der Waals surface area contributed by atoms with Crippen LogP contribution >= 0.6 is 11.6 Å². The molecule has 0 saturated carbocycles. The summed E-state index contributed by atoms with van der Waals surface area (Å²) in [5.74, 6) is 2.06. The van der Waals surface area contributed by atoms with Gasteiger partial charge in [0, 0.05) is 11.4 Å². The van der Waals surface area contributed by atoms with Crippen molar-refractivity contribution in [1.82, 2.24) is 0 Å². The Labute approximate surface area is 125 Å². The Morgan fingerprint density at radius 2 is 1.53 bits per heavy atom. The molecule has 0 heterocycles. The lowest BCUT2D eigenvalue weighted by Gasteiger charge is -2.11. The molecule has 0 N–H and O–H groups in total. The summed E-state index contributed by atoms with van der Waals surface area (Å²) in [4.78, 5) is 0. The summed E-state index contributed by atoms with van der Waals surface area (Å²) in [6, 6.07) is 8.11. The molecule has 3 heteroatoms. The lowest BCUT2D eigenvalue weighted by Crippen LogP contribution is -2.09. The highest BCUT2D eigenvalue weighted by molar-refractivity contribution is 7.90. The van der Waals surface area contributed by atoms with Crippen LogP contribution < -0.4 is 0 Å². The SMILES string of the molecule is CCCCCCCC[S+]([O-])Cc1ccc(CCl)cc1. The first-order valence-corrected chi connectivity index (χ1v) is 9.27. The van der Waals surface area contributed by atoms with Gasteiger partial charge in [0.05, 0.1) is 0 Å². The molecular formula is C16H25ClOS. The van der Waals surface area contributed by atoms with Crippen molar-refractivity contribution in [1.29, 1.82) is 0 Å². The second-order valence-corrected chi connectivity index (χ2v) is 6.85. The van der Waals surface area contributed by atoms with E-state index in [4.69, 9.17) is 11.6 Å². The number of halogens is 1. The molecule has 0 aliphatic carbocycles. The van der Waals surface area contributed by atoms with Crippen molar-refractivity contribution < 1.29 is 4.55 Å². The highest BCUT2D eigenvalue weighted by Crippen LogP contribution is 2.12. The van der Waals surface area contributed by atoms with E-state index in [1.54, 1.807) is 0 Å². The topological polar surface area (TPSA) is 23.1 Å². The molecule has 1 aromatic carbocycles. The largest absolute Gasteiger partial charge is 0.616 e. The highest BCUT2D eigenvalue weighted by Gasteiger charge is 2.07. The zero-order valence-corrected chi connectivity index (χ0v) is 13.4. The molecule has 0 amide bonds. The molecule has 19 heavy (non-hydrogen) atoms. The van der Waals surface area contributed by atoms with Gasteiger partial charge in [0.15, 0.2) is 0 Å². The average Bonchev–Trinajstić information content (AvgIpc) is 2.43. The zero-order chi connectivity index (χ0) is 13.9. The average molecular weight is 301 g/mol. The summed E-state index contributed by atoms with van der Waals surface area (Å²) < 4.78 is 11.9. The third-order valence-electron chi connectivity index (χ3n) is 3.23. The fourth-order valence-corrected chi connectivity index (χ4v) is 3.44. The number of hydrogen-bond donors (Lipinski definition) is 0. The van der Waals surface area contributed by atoms with Gasteiger partial charge in [0.2, 0.25) is 0 Å². The van der Waals surface area contributed by atoms with Crippen LogP contribution in [0.5, 0.6) is 0 Å². The Kier molecular flexibility index (Phi) is 9.40. The van der Waals surface area contributed by atoms with Crippen LogP contribution in [0, 0.1) is 0 Å². The summed E-state index contributed by atoms with van der Waals surface area (Å²) in [5, 5.41) is 0. The normalized spacial score (nSPS) is 12.6. The summed E-state index contributed by atoms with van der Waals surface area (Å²) >= 11 is 5.03. The molecule has 1 unspecified atom stereocenters. The Balaban J connectivity index is 2.14. The number of alkyl halides is 1. The van der Waals surface area contributed by atoms with Crippen LogP contribution in [-0.4, -0.2) is 10.3 Å². The van der Waals surface area contributed by atoms with Gasteiger partial charge in [0.1, 0.15) is 11.5 Å². The highest BCUT2D eigenvalue weighted by atomic mass is 35.5. The minimum atomic E-state index is -0.720. The van der Waals surface area contributed by atoms with E-state index in [0.29, 0.717) is 11.6 Å². The fourth-order valence-electron chi connectivity index (χ4n) is 2.03. The summed E-state index contributed by atoms with van der Waals surface area (Å²) in [6.45, 7) is 2.23. The van der Waals surface area contributed by atoms with Gasteiger partial charge in [-0.25, -0.2) is 0 Å². The fraction of sp³-hybridized carbons (Fsp3) is 0.625. The number of benzene rings is 1. The molecule has 0 radical (unpaired) electrons. The van der Waals surface area contributed by atoms with Crippen molar-refractivity contribution in [2.45, 2.75) is 57.1 Å². The van der Waals surface area contributed by atoms with Crippen molar-refractivity contribution in [2.75, 3.05) is 5.75 Å². The molecule has 0 aromatic heterocycles. The summed E-state index contributed by atoms with van der Waals surface area (Å²) in [7, 11) is 0. The zero-order valence-electron chi connectivity index (χ0n) is 11.9. The molecule has 0 aliphatic rings. The Morgan fingerprint density at radius 1 is 0.947 bits per heavy atom. The molecule has 0 bridgehead atoms. The predicted octanol–water partition coefficient (Wildman–Crippen LogP) is 5.03. The van der Waals surface area contributed by atoms with E-state index in [1.165, 1.54) is 32.1 Å². The maximum atomic E-state index is 11.9. The first-order chi connectivity index (χ1) is 9.26. The van der Waals surface area contributed by atoms with Gasteiger partial charge in [-0.15, -0.1) is 11.6 Å². The van der Waals surface area contributed by atoms with Crippen molar-refractivity contribution in [3.05, 3.63) is 35.4 Å². The van der Waals surface area contributed by atoms with Gasteiger partial charge < -0.3 is 4.55 Å². The van der Waals surface area contributed by atoms with Crippen molar-refractivity contribution in [2.24, 2.45) is 0 Å². The molecule has 0 fully saturated rings. The third-order valence-corrected chi connectivity index (χ3v) is 4.94. The van der Waals surface area contributed by atoms with Crippen LogP contribution in [0.15, 0.2) is 24.3 Å². The minimum Gasteiger partial charge on any atom is -0.616 e. The van der Waals surface area contributed by atoms with Crippen LogP contribution in [0.4, 0.5) is 0 Å². The first-order valence-electron chi connectivity index (χ1n) is 7.25. The van der Waals surface area contributed by atoms with E-state index >= 15 is 0 Å². The first kappa shape index (κ1) is 16.9. The van der Waals surface area contributed by atoms with Crippen LogP contribution in [0.3, 0.4) is 0 Å². The van der Waals surface area contributed by atoms with E-state index < -0.39 is 11.2 Å². The van der Waals surface area contributed by atoms with Gasteiger partial charge in [0.25, 0.3) is 0 Å². The van der Waals surface area contributed by atoms with Crippen LogP contribution in [0.25, 0.3) is 0 Å². The smallest absolute Gasteiger partial charge is 0.130 e. The molecule has 1 atom stereocenters. The summed E-state index contributed by atoms with van der Waals surface area (Å²) in [5.41, 5.74) is 2.27. The lowest BCUT2D eigenvalue weighted by atomic mass is 10.1. The molecule has 1 nitrogen and oxygen atoms in total. The number of rotatable bonds is 10. The second kappa shape index (κ2) is 10.6.